The maximum atomic E-state index is 13.1. The number of rotatable bonds is 1. The van der Waals surface area contributed by atoms with E-state index in [-0.39, 0.29) is 18.2 Å². The number of fused-ring (bicyclic) bond motifs is 1. The van der Waals surface area contributed by atoms with E-state index in [0.717, 1.165) is 29.5 Å². The lowest BCUT2D eigenvalue weighted by Crippen LogP contribution is -1.84. The first-order chi connectivity index (χ1) is 8.33. The lowest BCUT2D eigenvalue weighted by molar-refractivity contribution is 0.626. The van der Waals surface area contributed by atoms with Crippen molar-refractivity contribution in [1.29, 1.82) is 0 Å². The Balaban J connectivity index is 0.00000120. The van der Waals surface area contributed by atoms with Gasteiger partial charge >= 0.3 is 0 Å². The molecule has 0 unspecified atom stereocenters. The molecular weight excluding hydrogens is 251 g/mol. The second-order valence-corrected chi connectivity index (χ2v) is 4.14. The van der Waals surface area contributed by atoms with Crippen LogP contribution in [-0.2, 0) is 6.42 Å². The van der Waals surface area contributed by atoms with E-state index in [1.807, 2.05) is 6.07 Å². The fourth-order valence-electron chi connectivity index (χ4n) is 2.22. The Hall–Kier alpha value is -1.74. The molecule has 0 amide bonds. The first kappa shape index (κ1) is 12.7. The van der Waals surface area contributed by atoms with Crippen molar-refractivity contribution in [2.75, 3.05) is 0 Å². The molecule has 1 heterocycles. The van der Waals surface area contributed by atoms with Gasteiger partial charge in [-0.05, 0) is 47.8 Å². The second-order valence-electron chi connectivity index (χ2n) is 4.14. The van der Waals surface area contributed by atoms with Crippen molar-refractivity contribution in [1.82, 2.24) is 9.97 Å². The van der Waals surface area contributed by atoms with Gasteiger partial charge in [0.05, 0.1) is 0 Å². The molecule has 1 aromatic carbocycles. The highest BCUT2D eigenvalue weighted by molar-refractivity contribution is 5.85. The maximum Gasteiger partial charge on any atom is 0.123 e. The molecule has 1 aromatic heterocycles. The molecule has 0 fully saturated rings. The van der Waals surface area contributed by atoms with Crippen molar-refractivity contribution < 1.29 is 4.39 Å². The van der Waals surface area contributed by atoms with Crippen LogP contribution >= 0.6 is 12.4 Å². The number of hydrogen-bond donors (Lipinski definition) is 0. The fourth-order valence-corrected chi connectivity index (χ4v) is 2.22. The van der Waals surface area contributed by atoms with Crippen LogP contribution in [0.3, 0.4) is 0 Å². The molecule has 0 radical (unpaired) electrons. The van der Waals surface area contributed by atoms with Crippen LogP contribution in [0.25, 0.3) is 11.6 Å². The third-order valence-electron chi connectivity index (χ3n) is 3.00. The number of halogens is 2. The van der Waals surface area contributed by atoms with Crippen LogP contribution in [0.5, 0.6) is 0 Å². The fraction of sp³-hybridized carbons (Fsp3) is 0.143. The highest BCUT2D eigenvalue weighted by Crippen LogP contribution is 2.33. The molecule has 2 aromatic rings. The van der Waals surface area contributed by atoms with E-state index in [2.05, 4.69) is 16.0 Å². The average molecular weight is 263 g/mol. The Morgan fingerprint density at radius 1 is 1.11 bits per heavy atom. The van der Waals surface area contributed by atoms with Gasteiger partial charge in [0.1, 0.15) is 12.1 Å². The minimum absolute atomic E-state index is 0. The molecule has 2 nitrogen and oxygen atoms in total. The van der Waals surface area contributed by atoms with Crippen molar-refractivity contribution in [3.63, 3.8) is 0 Å². The molecule has 0 spiro atoms. The number of benzene rings is 1. The van der Waals surface area contributed by atoms with Crippen LogP contribution < -0.4 is 0 Å². The number of allylic oxidation sites excluding steroid dienone is 1. The van der Waals surface area contributed by atoms with Gasteiger partial charge in [0.25, 0.3) is 0 Å². The largest absolute Gasteiger partial charge is 0.244 e. The third-order valence-corrected chi connectivity index (χ3v) is 3.00. The van der Waals surface area contributed by atoms with E-state index in [9.17, 15) is 4.39 Å². The summed E-state index contributed by atoms with van der Waals surface area (Å²) >= 11 is 0. The van der Waals surface area contributed by atoms with Crippen LogP contribution in [0, 0.1) is 5.82 Å². The van der Waals surface area contributed by atoms with Crippen LogP contribution in [0.15, 0.2) is 36.9 Å². The summed E-state index contributed by atoms with van der Waals surface area (Å²) in [6, 6.07) is 4.99. The first-order valence-corrected chi connectivity index (χ1v) is 5.57. The van der Waals surface area contributed by atoms with Crippen molar-refractivity contribution in [2.24, 2.45) is 0 Å². The van der Waals surface area contributed by atoms with Crippen LogP contribution in [0.2, 0.25) is 0 Å². The van der Waals surface area contributed by atoms with Crippen molar-refractivity contribution in [3.8, 4) is 0 Å². The van der Waals surface area contributed by atoms with Gasteiger partial charge in [0.2, 0.25) is 0 Å². The van der Waals surface area contributed by atoms with Crippen molar-refractivity contribution >= 4 is 24.1 Å². The van der Waals surface area contributed by atoms with Crippen LogP contribution in [0.4, 0.5) is 4.39 Å². The number of aromatic nitrogens is 2. The molecule has 3 rings (SSSR count). The lowest BCUT2D eigenvalue weighted by atomic mass is 10.1. The summed E-state index contributed by atoms with van der Waals surface area (Å²) < 4.78 is 13.1. The summed E-state index contributed by atoms with van der Waals surface area (Å²) in [5, 5.41) is 0. The molecule has 0 aliphatic heterocycles. The van der Waals surface area contributed by atoms with E-state index >= 15 is 0 Å². The molecule has 0 saturated carbocycles. The van der Waals surface area contributed by atoms with Gasteiger partial charge < -0.3 is 0 Å². The number of hydrogen-bond acceptors (Lipinski definition) is 2. The average Bonchev–Trinajstić information content (AvgIpc) is 2.73. The Kier molecular flexibility index (Phi) is 3.72. The summed E-state index contributed by atoms with van der Waals surface area (Å²) in [5.41, 5.74) is 4.46. The monoisotopic (exact) mass is 262 g/mol. The third kappa shape index (κ3) is 2.41. The molecule has 92 valence electrons. The molecule has 0 atom stereocenters. The molecule has 1 aliphatic carbocycles. The Labute approximate surface area is 111 Å². The summed E-state index contributed by atoms with van der Waals surface area (Å²) in [6.45, 7) is 0. The molecule has 0 N–H and O–H groups in total. The van der Waals surface area contributed by atoms with Crippen molar-refractivity contribution in [2.45, 2.75) is 12.8 Å². The minimum atomic E-state index is -0.159. The van der Waals surface area contributed by atoms with Crippen LogP contribution in [-0.4, -0.2) is 9.97 Å². The van der Waals surface area contributed by atoms with Crippen LogP contribution in [0.1, 0.15) is 23.1 Å². The molecule has 0 bridgehead atoms. The van der Waals surface area contributed by atoms with E-state index in [1.165, 1.54) is 18.0 Å². The van der Waals surface area contributed by atoms with Gasteiger partial charge in [0, 0.05) is 18.0 Å². The second kappa shape index (κ2) is 5.27. The zero-order chi connectivity index (χ0) is 11.7. The number of aryl methyl sites for hydroxylation is 1. The zero-order valence-electron chi connectivity index (χ0n) is 9.64. The normalized spacial score (nSPS) is 15.3. The van der Waals surface area contributed by atoms with Gasteiger partial charge in [0.15, 0.2) is 0 Å². The van der Waals surface area contributed by atoms with Gasteiger partial charge in [-0.2, -0.15) is 0 Å². The lowest BCUT2D eigenvalue weighted by Gasteiger charge is -2.01. The van der Waals surface area contributed by atoms with Crippen molar-refractivity contribution in [3.05, 3.63) is 59.4 Å². The Morgan fingerprint density at radius 3 is 2.67 bits per heavy atom. The molecule has 18 heavy (non-hydrogen) atoms. The smallest absolute Gasteiger partial charge is 0.123 e. The summed E-state index contributed by atoms with van der Waals surface area (Å²) in [6.07, 6.45) is 9.01. The molecule has 0 saturated heterocycles. The van der Waals surface area contributed by atoms with E-state index in [0.29, 0.717) is 0 Å². The zero-order valence-corrected chi connectivity index (χ0v) is 10.5. The highest BCUT2D eigenvalue weighted by atomic mass is 35.5. The summed E-state index contributed by atoms with van der Waals surface area (Å²) in [7, 11) is 0. The SMILES string of the molecule is Cl.Fc1ccc2c(c1)CC/C2=C/c1cncnc1. The van der Waals surface area contributed by atoms with Gasteiger partial charge in [-0.3, -0.25) is 0 Å². The molecule has 4 heteroatoms. The standard InChI is InChI=1S/C14H11FN2.ClH/c15-13-3-4-14-11(1-2-12(14)6-13)5-10-7-16-9-17-8-10;/h3-9H,1-2H2;1H/b11-5-;. The maximum absolute atomic E-state index is 13.1. The quantitative estimate of drug-likeness (QED) is 0.786. The minimum Gasteiger partial charge on any atom is -0.244 e. The van der Waals surface area contributed by atoms with E-state index in [4.69, 9.17) is 0 Å². The Morgan fingerprint density at radius 2 is 1.89 bits per heavy atom. The van der Waals surface area contributed by atoms with Gasteiger partial charge in [-0.1, -0.05) is 6.07 Å². The van der Waals surface area contributed by atoms with Gasteiger partial charge in [-0.25, -0.2) is 14.4 Å². The van der Waals surface area contributed by atoms with E-state index < -0.39 is 0 Å². The first-order valence-electron chi connectivity index (χ1n) is 5.57. The Bertz CT molecular complexity index is 582. The predicted octanol–water partition coefficient (Wildman–Crippen LogP) is 3.52. The summed E-state index contributed by atoms with van der Waals surface area (Å²) in [4.78, 5) is 7.96. The summed E-state index contributed by atoms with van der Waals surface area (Å²) in [5.74, 6) is -0.159. The predicted molar refractivity (Wildman–Crippen MR) is 71.9 cm³/mol. The molecular formula is C14H12ClFN2. The topological polar surface area (TPSA) is 25.8 Å². The van der Waals surface area contributed by atoms with Gasteiger partial charge in [-0.15, -0.1) is 12.4 Å². The number of nitrogens with zero attached hydrogens (tertiary/aromatic N) is 2. The molecule has 1 aliphatic rings. The van der Waals surface area contributed by atoms with E-state index in [1.54, 1.807) is 18.5 Å². The highest BCUT2D eigenvalue weighted by Gasteiger charge is 2.16.